The molecule has 0 heterocycles. The number of carboxylic acids is 3. The molecule has 1 rings (SSSR count). The van der Waals surface area contributed by atoms with Gasteiger partial charge >= 0.3 is 17.9 Å². The van der Waals surface area contributed by atoms with Crippen molar-refractivity contribution in [3.63, 3.8) is 0 Å². The summed E-state index contributed by atoms with van der Waals surface area (Å²) in [6.45, 7) is -0.166. The lowest BCUT2D eigenvalue weighted by atomic mass is 10.1. The number of benzene rings is 1. The molecule has 0 aliphatic rings. The molecular formula is C18H26N4O10S. The van der Waals surface area contributed by atoms with Crippen molar-refractivity contribution in [2.45, 2.75) is 49.1 Å². The quantitative estimate of drug-likeness (QED) is 0.0731. The van der Waals surface area contributed by atoms with E-state index in [-0.39, 0.29) is 43.1 Å². The number of nitrogens with zero attached hydrogens (tertiary/aromatic N) is 1. The molecule has 0 spiro atoms. The fourth-order valence-electron chi connectivity index (χ4n) is 2.71. The van der Waals surface area contributed by atoms with E-state index < -0.39 is 44.9 Å². The normalized spacial score (nSPS) is 13.2. The fourth-order valence-corrected chi connectivity index (χ4v) is 3.78. The van der Waals surface area contributed by atoms with Crippen molar-refractivity contribution >= 4 is 33.6 Å². The molecule has 0 bridgehead atoms. The molecule has 0 saturated carbocycles. The molecule has 2 atom stereocenters. The zero-order valence-electron chi connectivity index (χ0n) is 17.5. The Balaban J connectivity index is 2.42. The zero-order chi connectivity index (χ0) is 25.0. The van der Waals surface area contributed by atoms with E-state index in [0.29, 0.717) is 12.8 Å². The Morgan fingerprint density at radius 3 is 1.97 bits per heavy atom. The number of non-ortho nitro benzene ring substituents is 1. The van der Waals surface area contributed by atoms with E-state index in [1.54, 1.807) is 0 Å². The lowest BCUT2D eigenvalue weighted by Gasteiger charge is -2.18. The Bertz CT molecular complexity index is 936. The molecule has 0 fully saturated rings. The third-order valence-electron chi connectivity index (χ3n) is 4.51. The lowest BCUT2D eigenvalue weighted by molar-refractivity contribution is -0.384. The van der Waals surface area contributed by atoms with Crippen LogP contribution in [0.4, 0.5) is 5.69 Å². The summed E-state index contributed by atoms with van der Waals surface area (Å²) >= 11 is 0. The zero-order valence-corrected chi connectivity index (χ0v) is 18.3. The van der Waals surface area contributed by atoms with Gasteiger partial charge in [0.25, 0.3) is 5.69 Å². The van der Waals surface area contributed by atoms with Crippen molar-refractivity contribution in [2.24, 2.45) is 0 Å². The van der Waals surface area contributed by atoms with E-state index in [0.717, 1.165) is 24.3 Å². The number of nitro groups is 1. The summed E-state index contributed by atoms with van der Waals surface area (Å²) in [5, 5.41) is 42.8. The van der Waals surface area contributed by atoms with E-state index in [1.807, 2.05) is 0 Å². The number of carbonyl (C=O) groups is 3. The maximum absolute atomic E-state index is 12.2. The molecule has 33 heavy (non-hydrogen) atoms. The lowest BCUT2D eigenvalue weighted by Crippen LogP contribution is -2.47. The highest BCUT2D eigenvalue weighted by Crippen LogP contribution is 2.15. The van der Waals surface area contributed by atoms with Crippen molar-refractivity contribution in [3.8, 4) is 0 Å². The maximum Gasteiger partial charge on any atom is 0.320 e. The van der Waals surface area contributed by atoms with E-state index in [1.165, 1.54) is 0 Å². The number of hydrogen-bond acceptors (Lipinski definition) is 9. The molecule has 6 N–H and O–H groups in total. The van der Waals surface area contributed by atoms with Crippen LogP contribution in [-0.4, -0.2) is 71.9 Å². The van der Waals surface area contributed by atoms with Gasteiger partial charge in [-0.15, -0.1) is 0 Å². The molecule has 2 unspecified atom stereocenters. The van der Waals surface area contributed by atoms with Gasteiger partial charge in [0, 0.05) is 31.8 Å². The Morgan fingerprint density at radius 1 is 0.939 bits per heavy atom. The van der Waals surface area contributed by atoms with Gasteiger partial charge in [0.15, 0.2) is 0 Å². The first-order valence-electron chi connectivity index (χ1n) is 9.82. The molecule has 0 aliphatic carbocycles. The standard InChI is InChI=1S/C18H26N4O10S/c23-16(24)9-8-15(18(27)28)20-11-19-14(17(25)26)3-1-2-10-21-33(31,32)13-6-4-12(5-7-13)22(29)30/h4-7,14-15,19-21H,1-3,8-11H2,(H,23,24)(H,25,26)(H,27,28). The van der Waals surface area contributed by atoms with Gasteiger partial charge in [-0.05, 0) is 37.8 Å². The van der Waals surface area contributed by atoms with E-state index >= 15 is 0 Å². The number of aliphatic carboxylic acids is 3. The van der Waals surface area contributed by atoms with Crippen LogP contribution in [0.5, 0.6) is 0 Å². The van der Waals surface area contributed by atoms with Crippen LogP contribution in [0.3, 0.4) is 0 Å². The van der Waals surface area contributed by atoms with Crippen LogP contribution in [0.2, 0.25) is 0 Å². The van der Waals surface area contributed by atoms with Crippen molar-refractivity contribution in [2.75, 3.05) is 13.2 Å². The topological polar surface area (TPSA) is 225 Å². The number of nitro benzene ring substituents is 1. The minimum Gasteiger partial charge on any atom is -0.481 e. The van der Waals surface area contributed by atoms with Crippen molar-refractivity contribution in [1.29, 1.82) is 0 Å². The SMILES string of the molecule is O=C(O)CCC(NCNC(CCCCNS(=O)(=O)c1ccc([N+](=O)[O-])cc1)C(=O)O)C(=O)O. The predicted molar refractivity (Wildman–Crippen MR) is 113 cm³/mol. The first kappa shape index (κ1) is 27.9. The summed E-state index contributed by atoms with van der Waals surface area (Å²) in [5.41, 5.74) is -0.243. The molecule has 0 amide bonds. The predicted octanol–water partition coefficient (Wildman–Crippen LogP) is -0.0487. The first-order valence-corrected chi connectivity index (χ1v) is 11.3. The number of sulfonamides is 1. The average molecular weight is 490 g/mol. The van der Waals surface area contributed by atoms with Gasteiger partial charge < -0.3 is 15.3 Å². The molecule has 184 valence electrons. The summed E-state index contributed by atoms with van der Waals surface area (Å²) in [7, 11) is -3.88. The highest BCUT2D eigenvalue weighted by Gasteiger charge is 2.21. The molecule has 14 nitrogen and oxygen atoms in total. The Morgan fingerprint density at radius 2 is 1.48 bits per heavy atom. The molecule has 15 heteroatoms. The monoisotopic (exact) mass is 490 g/mol. The smallest absolute Gasteiger partial charge is 0.320 e. The summed E-state index contributed by atoms with van der Waals surface area (Å²) in [6, 6.07) is 2.18. The third-order valence-corrected chi connectivity index (χ3v) is 5.99. The number of hydrogen-bond donors (Lipinski definition) is 6. The van der Waals surface area contributed by atoms with Gasteiger partial charge in [-0.25, -0.2) is 13.1 Å². The van der Waals surface area contributed by atoms with Crippen LogP contribution in [-0.2, 0) is 24.4 Å². The van der Waals surface area contributed by atoms with Crippen molar-refractivity contribution in [3.05, 3.63) is 34.4 Å². The fraction of sp³-hybridized carbons (Fsp3) is 0.500. The molecule has 1 aromatic rings. The minimum absolute atomic E-state index is 0.0141. The highest BCUT2D eigenvalue weighted by molar-refractivity contribution is 7.89. The molecule has 0 aromatic heterocycles. The average Bonchev–Trinajstić information content (AvgIpc) is 2.73. The number of unbranched alkanes of at least 4 members (excludes halogenated alkanes) is 1. The van der Waals surface area contributed by atoms with E-state index in [2.05, 4.69) is 15.4 Å². The largest absolute Gasteiger partial charge is 0.481 e. The van der Waals surface area contributed by atoms with Gasteiger partial charge in [0.1, 0.15) is 12.1 Å². The second-order valence-electron chi connectivity index (χ2n) is 6.94. The second-order valence-corrected chi connectivity index (χ2v) is 8.71. The van der Waals surface area contributed by atoms with Crippen molar-refractivity contribution in [1.82, 2.24) is 15.4 Å². The Labute approximate surface area is 189 Å². The molecule has 1 aromatic carbocycles. The molecule has 0 radical (unpaired) electrons. The first-order chi connectivity index (χ1) is 15.4. The minimum atomic E-state index is -3.88. The Kier molecular flexibility index (Phi) is 11.3. The number of nitrogens with one attached hydrogen (secondary N) is 3. The van der Waals surface area contributed by atoms with Crippen LogP contribution in [0.1, 0.15) is 32.1 Å². The number of rotatable bonds is 17. The van der Waals surface area contributed by atoms with Crippen LogP contribution in [0.25, 0.3) is 0 Å². The van der Waals surface area contributed by atoms with Crippen molar-refractivity contribution < 1.29 is 43.0 Å². The van der Waals surface area contributed by atoms with Crippen LogP contribution in [0, 0.1) is 10.1 Å². The highest BCUT2D eigenvalue weighted by atomic mass is 32.2. The summed E-state index contributed by atoms with van der Waals surface area (Å²) < 4.78 is 26.7. The van der Waals surface area contributed by atoms with Gasteiger partial charge in [-0.2, -0.15) is 0 Å². The number of carboxylic acid groups (broad SMARTS) is 3. The van der Waals surface area contributed by atoms with Crippen LogP contribution in [0.15, 0.2) is 29.2 Å². The summed E-state index contributed by atoms with van der Waals surface area (Å²) in [6.07, 6.45) is 0.236. The van der Waals surface area contributed by atoms with Gasteiger partial charge in [-0.3, -0.25) is 35.1 Å². The van der Waals surface area contributed by atoms with E-state index in [9.17, 15) is 38.0 Å². The molecule has 0 saturated heterocycles. The van der Waals surface area contributed by atoms with Gasteiger partial charge in [-0.1, -0.05) is 0 Å². The van der Waals surface area contributed by atoms with E-state index in [4.69, 9.17) is 10.2 Å². The van der Waals surface area contributed by atoms with Gasteiger partial charge in [0.05, 0.1) is 9.82 Å². The summed E-state index contributed by atoms with van der Waals surface area (Å²) in [4.78, 5) is 42.9. The van der Waals surface area contributed by atoms with Crippen LogP contribution >= 0.6 is 0 Å². The summed E-state index contributed by atoms with van der Waals surface area (Å²) in [5.74, 6) is -3.59. The van der Waals surface area contributed by atoms with Gasteiger partial charge in [0.2, 0.25) is 10.0 Å². The third kappa shape index (κ3) is 10.3. The second kappa shape index (κ2) is 13.4. The Hall–Kier alpha value is -3.14. The molecule has 0 aliphatic heterocycles. The van der Waals surface area contributed by atoms with Crippen LogP contribution < -0.4 is 15.4 Å². The maximum atomic E-state index is 12.2. The molecular weight excluding hydrogens is 464 g/mol.